The summed E-state index contributed by atoms with van der Waals surface area (Å²) in [5.74, 6) is 0.425. The first-order valence-corrected chi connectivity index (χ1v) is 5.45. The number of rotatable bonds is 8. The van der Waals surface area contributed by atoms with E-state index in [1.807, 2.05) is 13.0 Å². The van der Waals surface area contributed by atoms with Crippen molar-refractivity contribution in [3.8, 4) is 0 Å². The van der Waals surface area contributed by atoms with E-state index in [4.69, 9.17) is 4.74 Å². The van der Waals surface area contributed by atoms with Gasteiger partial charge in [-0.1, -0.05) is 20.3 Å². The van der Waals surface area contributed by atoms with Gasteiger partial charge >= 0.3 is 0 Å². The van der Waals surface area contributed by atoms with Crippen LogP contribution >= 0.6 is 0 Å². The lowest BCUT2D eigenvalue weighted by atomic mass is 10.2. The summed E-state index contributed by atoms with van der Waals surface area (Å²) >= 11 is 0. The lowest BCUT2D eigenvalue weighted by molar-refractivity contribution is 0.279. The first-order valence-electron chi connectivity index (χ1n) is 5.45. The average molecular weight is 198 g/mol. The quantitative estimate of drug-likeness (QED) is 0.472. The number of allylic oxidation sites excluding steroid dienone is 2. The van der Waals surface area contributed by atoms with Gasteiger partial charge in [-0.2, -0.15) is 0 Å². The average Bonchev–Trinajstić information content (AvgIpc) is 2.17. The molecule has 0 aliphatic carbocycles. The van der Waals surface area contributed by atoms with Crippen molar-refractivity contribution in [1.29, 1.82) is 0 Å². The third-order valence-corrected chi connectivity index (χ3v) is 1.84. The molecule has 0 saturated carbocycles. The van der Waals surface area contributed by atoms with Crippen molar-refractivity contribution in [2.45, 2.75) is 46.0 Å². The predicted molar refractivity (Wildman–Crippen MR) is 60.2 cm³/mol. The van der Waals surface area contributed by atoms with Gasteiger partial charge in [-0.25, -0.2) is 0 Å². The third kappa shape index (κ3) is 9.17. The fourth-order valence-corrected chi connectivity index (χ4v) is 1.02. The van der Waals surface area contributed by atoms with Crippen molar-refractivity contribution in [2.75, 3.05) is 6.61 Å². The van der Waals surface area contributed by atoms with Crippen LogP contribution < -0.4 is 0 Å². The molecule has 0 radical (unpaired) electrons. The maximum absolute atomic E-state index is 9.25. The molecule has 82 valence electrons. The second-order valence-electron chi connectivity index (χ2n) is 3.29. The molecule has 2 heteroatoms. The van der Waals surface area contributed by atoms with Crippen molar-refractivity contribution in [1.82, 2.24) is 0 Å². The summed E-state index contributed by atoms with van der Waals surface area (Å²) in [6.45, 7) is 4.67. The summed E-state index contributed by atoms with van der Waals surface area (Å²) < 4.78 is 5.18. The normalized spacial score (nSPS) is 12.3. The molecule has 1 N–H and O–H groups in total. The van der Waals surface area contributed by atoms with Crippen LogP contribution in [0.3, 0.4) is 0 Å². The minimum atomic E-state index is 0.425. The summed E-state index contributed by atoms with van der Waals surface area (Å²) in [4.78, 5) is 0. The van der Waals surface area contributed by atoms with E-state index in [9.17, 15) is 5.11 Å². The number of aliphatic hydroxyl groups is 1. The number of unbranched alkanes of at least 4 members (excludes halogenated alkanes) is 2. The SMILES string of the molecule is CCCCC=COCC=C(O)CCC. The maximum atomic E-state index is 9.25. The van der Waals surface area contributed by atoms with Crippen molar-refractivity contribution < 1.29 is 9.84 Å². The van der Waals surface area contributed by atoms with Crippen LogP contribution in [0.1, 0.15) is 46.0 Å². The smallest absolute Gasteiger partial charge is 0.109 e. The molecular weight excluding hydrogens is 176 g/mol. The minimum Gasteiger partial charge on any atom is -0.513 e. The van der Waals surface area contributed by atoms with E-state index < -0.39 is 0 Å². The van der Waals surface area contributed by atoms with Crippen LogP contribution in [0.5, 0.6) is 0 Å². The van der Waals surface area contributed by atoms with Gasteiger partial charge in [0, 0.05) is 6.42 Å². The monoisotopic (exact) mass is 198 g/mol. The molecule has 0 unspecified atom stereocenters. The summed E-state index contributed by atoms with van der Waals surface area (Å²) in [6.07, 6.45) is 10.6. The molecule has 0 aromatic rings. The largest absolute Gasteiger partial charge is 0.513 e. The molecule has 0 spiro atoms. The van der Waals surface area contributed by atoms with Crippen molar-refractivity contribution in [3.63, 3.8) is 0 Å². The second kappa shape index (κ2) is 10.2. The van der Waals surface area contributed by atoms with E-state index in [2.05, 4.69) is 6.92 Å². The van der Waals surface area contributed by atoms with E-state index in [-0.39, 0.29) is 0 Å². The first kappa shape index (κ1) is 13.1. The van der Waals surface area contributed by atoms with Crippen LogP contribution in [-0.2, 0) is 4.74 Å². The highest BCUT2D eigenvalue weighted by Gasteiger charge is 1.88. The fraction of sp³-hybridized carbons (Fsp3) is 0.667. The first-order chi connectivity index (χ1) is 6.81. The number of ether oxygens (including phenoxy) is 1. The van der Waals surface area contributed by atoms with Gasteiger partial charge in [0.25, 0.3) is 0 Å². The molecule has 0 saturated heterocycles. The molecule has 2 nitrogen and oxygen atoms in total. The molecule has 0 aliphatic rings. The molecule has 0 fully saturated rings. The molecule has 14 heavy (non-hydrogen) atoms. The Morgan fingerprint density at radius 2 is 2.07 bits per heavy atom. The van der Waals surface area contributed by atoms with E-state index in [1.54, 1.807) is 12.3 Å². The van der Waals surface area contributed by atoms with Crippen LogP contribution in [0.25, 0.3) is 0 Å². The molecule has 0 amide bonds. The van der Waals surface area contributed by atoms with E-state index in [0.29, 0.717) is 12.4 Å². The van der Waals surface area contributed by atoms with Gasteiger partial charge in [0.2, 0.25) is 0 Å². The summed E-state index contributed by atoms with van der Waals surface area (Å²) in [5.41, 5.74) is 0. The van der Waals surface area contributed by atoms with Crippen LogP contribution in [-0.4, -0.2) is 11.7 Å². The number of hydrogen-bond acceptors (Lipinski definition) is 2. The lowest BCUT2D eigenvalue weighted by Crippen LogP contribution is -1.86. The predicted octanol–water partition coefficient (Wildman–Crippen LogP) is 3.95. The molecule has 0 aromatic carbocycles. The number of hydrogen-bond donors (Lipinski definition) is 1. The van der Waals surface area contributed by atoms with Gasteiger partial charge in [0.05, 0.1) is 12.0 Å². The Morgan fingerprint density at radius 3 is 2.71 bits per heavy atom. The summed E-state index contributed by atoms with van der Waals surface area (Å²) in [5, 5.41) is 9.25. The zero-order valence-electron chi connectivity index (χ0n) is 9.33. The third-order valence-electron chi connectivity index (χ3n) is 1.84. The molecule has 0 rings (SSSR count). The van der Waals surface area contributed by atoms with Crippen molar-refractivity contribution in [3.05, 3.63) is 24.2 Å². The molecule has 0 aromatic heterocycles. The zero-order valence-corrected chi connectivity index (χ0v) is 9.33. The molecule has 0 heterocycles. The van der Waals surface area contributed by atoms with Gasteiger partial charge in [-0.3, -0.25) is 0 Å². The van der Waals surface area contributed by atoms with Crippen LogP contribution in [0.15, 0.2) is 24.2 Å². The van der Waals surface area contributed by atoms with Crippen molar-refractivity contribution in [2.24, 2.45) is 0 Å². The highest BCUT2D eigenvalue weighted by Crippen LogP contribution is 1.99. The summed E-state index contributed by atoms with van der Waals surface area (Å²) in [6, 6.07) is 0. The molecule has 0 aliphatic heterocycles. The molecule has 0 atom stereocenters. The van der Waals surface area contributed by atoms with Gasteiger partial charge in [0.1, 0.15) is 6.61 Å². The van der Waals surface area contributed by atoms with Gasteiger partial charge < -0.3 is 9.84 Å². The fourth-order valence-electron chi connectivity index (χ4n) is 1.02. The Hall–Kier alpha value is -0.920. The van der Waals surface area contributed by atoms with Gasteiger partial charge in [-0.15, -0.1) is 0 Å². The Kier molecular flexibility index (Phi) is 9.49. The Balaban J connectivity index is 3.35. The summed E-state index contributed by atoms with van der Waals surface area (Å²) in [7, 11) is 0. The highest BCUT2D eigenvalue weighted by molar-refractivity contribution is 4.90. The van der Waals surface area contributed by atoms with Crippen LogP contribution in [0, 0.1) is 0 Å². The Labute approximate surface area is 87.3 Å². The standard InChI is InChI=1S/C12H22O2/c1-3-5-6-7-10-14-11-9-12(13)8-4-2/h7,9-10,13H,3-6,8,11H2,1-2H3. The highest BCUT2D eigenvalue weighted by atomic mass is 16.5. The Bertz CT molecular complexity index is 171. The van der Waals surface area contributed by atoms with E-state index >= 15 is 0 Å². The van der Waals surface area contributed by atoms with Crippen LogP contribution in [0.2, 0.25) is 0 Å². The minimum absolute atomic E-state index is 0.425. The molecular formula is C12H22O2. The van der Waals surface area contributed by atoms with Gasteiger partial charge in [-0.05, 0) is 31.4 Å². The van der Waals surface area contributed by atoms with E-state index in [0.717, 1.165) is 19.3 Å². The lowest BCUT2D eigenvalue weighted by Gasteiger charge is -1.97. The molecule has 0 bridgehead atoms. The Morgan fingerprint density at radius 1 is 1.29 bits per heavy atom. The van der Waals surface area contributed by atoms with Crippen molar-refractivity contribution >= 4 is 0 Å². The van der Waals surface area contributed by atoms with E-state index in [1.165, 1.54) is 12.8 Å². The zero-order chi connectivity index (χ0) is 10.6. The maximum Gasteiger partial charge on any atom is 0.109 e. The van der Waals surface area contributed by atoms with Gasteiger partial charge in [0.15, 0.2) is 0 Å². The second-order valence-corrected chi connectivity index (χ2v) is 3.29. The van der Waals surface area contributed by atoms with Crippen LogP contribution in [0.4, 0.5) is 0 Å². The topological polar surface area (TPSA) is 29.5 Å². The number of aliphatic hydroxyl groups excluding tert-OH is 1.